The van der Waals surface area contributed by atoms with Gasteiger partial charge in [0.2, 0.25) is 11.3 Å². The van der Waals surface area contributed by atoms with Crippen molar-refractivity contribution in [2.75, 3.05) is 6.54 Å². The number of thiocarbonyl (C=S) groups is 1. The van der Waals surface area contributed by atoms with Gasteiger partial charge in [0.05, 0.1) is 10.5 Å². The highest BCUT2D eigenvalue weighted by atomic mass is 32.1. The van der Waals surface area contributed by atoms with Crippen molar-refractivity contribution < 1.29 is 20.2 Å². The first-order valence-corrected chi connectivity index (χ1v) is 5.80. The molecule has 0 spiro atoms. The fraction of sp³-hybridized carbons (Fsp3) is 0.0909. The zero-order chi connectivity index (χ0) is 15.1. The van der Waals surface area contributed by atoms with Crippen molar-refractivity contribution >= 4 is 29.2 Å². The van der Waals surface area contributed by atoms with Gasteiger partial charge in [-0.15, -0.1) is 17.1 Å². The molecule has 1 aromatic rings. The summed E-state index contributed by atoms with van der Waals surface area (Å²) in [6, 6.07) is 1.92. The molecule has 0 bridgehead atoms. The van der Waals surface area contributed by atoms with E-state index in [1.54, 1.807) is 6.08 Å². The van der Waals surface area contributed by atoms with Crippen LogP contribution in [0.3, 0.4) is 0 Å². The Bertz CT molecular complexity index is 574. The van der Waals surface area contributed by atoms with Crippen LogP contribution in [0.5, 0.6) is 11.5 Å². The summed E-state index contributed by atoms with van der Waals surface area (Å²) in [5.74, 6) is -0.923. The van der Waals surface area contributed by atoms with Crippen LogP contribution >= 0.6 is 12.2 Å². The van der Waals surface area contributed by atoms with E-state index in [1.807, 2.05) is 0 Å². The Hall–Kier alpha value is -2.68. The van der Waals surface area contributed by atoms with Crippen LogP contribution in [0.25, 0.3) is 0 Å². The molecule has 0 saturated heterocycles. The molecule has 1 rings (SSSR count). The van der Waals surface area contributed by atoms with E-state index in [2.05, 4.69) is 22.4 Å². The Morgan fingerprint density at radius 2 is 2.20 bits per heavy atom. The maximum absolute atomic E-state index is 10.7. The van der Waals surface area contributed by atoms with Crippen molar-refractivity contribution in [3.8, 4) is 11.5 Å². The van der Waals surface area contributed by atoms with Gasteiger partial charge in [-0.2, -0.15) is 0 Å². The molecule has 0 unspecified atom stereocenters. The minimum Gasteiger partial charge on any atom is -0.507 e. The largest absolute Gasteiger partial charge is 0.507 e. The average molecular weight is 297 g/mol. The molecule has 0 radical (unpaired) electrons. The quantitative estimate of drug-likeness (QED) is 0.156. The summed E-state index contributed by atoms with van der Waals surface area (Å²) >= 11 is 4.89. The predicted octanol–water partition coefficient (Wildman–Crippen LogP) is -0.929. The average Bonchev–Trinajstić information content (AvgIpc) is 2.38. The van der Waals surface area contributed by atoms with Gasteiger partial charge in [0.1, 0.15) is 5.75 Å². The van der Waals surface area contributed by atoms with Crippen molar-refractivity contribution in [1.29, 1.82) is 0 Å². The Morgan fingerprint density at radius 1 is 1.50 bits per heavy atom. The van der Waals surface area contributed by atoms with Crippen molar-refractivity contribution in [2.24, 2.45) is 0 Å². The fourth-order valence-electron chi connectivity index (χ4n) is 1.23. The number of nitrogens with one attached hydrogen (secondary N) is 3. The predicted molar refractivity (Wildman–Crippen MR) is 76.5 cm³/mol. The number of hydrazine groups is 1. The summed E-state index contributed by atoms with van der Waals surface area (Å²) in [6.45, 7) is 3.98. The van der Waals surface area contributed by atoms with E-state index in [0.717, 1.165) is 12.1 Å². The number of hydrogen-bond donors (Lipinski definition) is 5. The Kier molecular flexibility index (Phi) is 5.42. The third-order valence-electron chi connectivity index (χ3n) is 2.14. The standard InChI is InChI=1S/C11H12N4O4S/c1-2-3-12-11(20)14-13-6-7-4-8(15(18)19)10(17)5-9(7)16/h2,4-6,16-17H,1,3H2,(H2,12,14,20)/p+1/b13-6+. The molecule has 1 aromatic carbocycles. The van der Waals surface area contributed by atoms with E-state index in [-0.39, 0.29) is 16.4 Å². The number of benzene rings is 1. The van der Waals surface area contributed by atoms with Crippen LogP contribution in [-0.2, 0) is 0 Å². The van der Waals surface area contributed by atoms with E-state index in [4.69, 9.17) is 12.2 Å². The zero-order valence-electron chi connectivity index (χ0n) is 10.3. The lowest BCUT2D eigenvalue weighted by molar-refractivity contribution is -0.500. The molecule has 0 aliphatic heterocycles. The molecule has 0 atom stereocenters. The third kappa shape index (κ3) is 4.21. The fourth-order valence-corrected chi connectivity index (χ4v) is 1.37. The summed E-state index contributed by atoms with van der Waals surface area (Å²) in [7, 11) is 0. The van der Waals surface area contributed by atoms with Gasteiger partial charge in [-0.05, 0) is 12.2 Å². The van der Waals surface area contributed by atoms with Crippen LogP contribution in [0.2, 0.25) is 0 Å². The Morgan fingerprint density at radius 3 is 2.80 bits per heavy atom. The molecule has 0 aromatic heterocycles. The summed E-state index contributed by atoms with van der Waals surface area (Å²) in [5, 5.41) is 35.2. The summed E-state index contributed by atoms with van der Waals surface area (Å²) in [5.41, 5.74) is 2.19. The second-order valence-corrected chi connectivity index (χ2v) is 3.98. The lowest BCUT2D eigenvalue weighted by Gasteiger charge is -2.01. The molecule has 0 amide bonds. The molecular formula is C11H13N4O4S+. The second-order valence-electron chi connectivity index (χ2n) is 3.57. The summed E-state index contributed by atoms with van der Waals surface area (Å²) < 4.78 is 0. The van der Waals surface area contributed by atoms with Crippen LogP contribution in [0.4, 0.5) is 5.69 Å². The van der Waals surface area contributed by atoms with Gasteiger partial charge in [-0.1, -0.05) is 6.08 Å². The third-order valence-corrected chi connectivity index (χ3v) is 2.39. The molecular weight excluding hydrogens is 284 g/mol. The molecule has 0 fully saturated rings. The number of aromatic hydroxyl groups is 2. The molecule has 106 valence electrons. The lowest BCUT2D eigenvalue weighted by Crippen LogP contribution is -2.82. The molecule has 0 heterocycles. The molecule has 0 saturated carbocycles. The number of nitrogens with zero attached hydrogens (tertiary/aromatic N) is 1. The van der Waals surface area contributed by atoms with Crippen molar-refractivity contribution in [1.82, 2.24) is 10.7 Å². The number of nitro groups is 1. The van der Waals surface area contributed by atoms with Gasteiger partial charge in [0.25, 0.3) is 0 Å². The van der Waals surface area contributed by atoms with Gasteiger partial charge in [0, 0.05) is 18.7 Å². The minimum atomic E-state index is -0.754. The SMILES string of the molecule is C=CCNC(=S)N/[NH+]=C/c1cc([N+](=O)[O-])c(O)cc1O. The summed E-state index contributed by atoms with van der Waals surface area (Å²) in [6.07, 6.45) is 2.89. The van der Waals surface area contributed by atoms with Crippen LogP contribution in [0.1, 0.15) is 5.56 Å². The molecule has 8 nitrogen and oxygen atoms in total. The van der Waals surface area contributed by atoms with Crippen molar-refractivity contribution in [2.45, 2.75) is 0 Å². The van der Waals surface area contributed by atoms with Crippen LogP contribution in [-0.4, -0.2) is 33.0 Å². The Balaban J connectivity index is 2.81. The maximum atomic E-state index is 10.7. The van der Waals surface area contributed by atoms with Gasteiger partial charge in [0.15, 0.2) is 5.75 Å². The number of nitro benzene ring substituents is 1. The van der Waals surface area contributed by atoms with Crippen molar-refractivity contribution in [3.05, 3.63) is 40.5 Å². The van der Waals surface area contributed by atoms with Crippen LogP contribution in [0.15, 0.2) is 24.8 Å². The first-order valence-electron chi connectivity index (χ1n) is 5.39. The number of hydrazone groups is 1. The van der Waals surface area contributed by atoms with E-state index in [9.17, 15) is 20.3 Å². The van der Waals surface area contributed by atoms with Gasteiger partial charge < -0.3 is 15.5 Å². The first kappa shape index (κ1) is 15.4. The van der Waals surface area contributed by atoms with E-state index in [1.165, 1.54) is 6.21 Å². The highest BCUT2D eigenvalue weighted by molar-refractivity contribution is 7.80. The Labute approximate surface area is 119 Å². The second kappa shape index (κ2) is 7.04. The van der Waals surface area contributed by atoms with Gasteiger partial charge >= 0.3 is 5.69 Å². The number of phenolic OH excluding ortho intramolecular Hbond substituents is 2. The number of rotatable bonds is 5. The van der Waals surface area contributed by atoms with E-state index in [0.29, 0.717) is 6.54 Å². The number of hydrogen-bond acceptors (Lipinski definition) is 5. The number of phenols is 2. The van der Waals surface area contributed by atoms with E-state index < -0.39 is 16.4 Å². The van der Waals surface area contributed by atoms with Crippen LogP contribution in [0, 0.1) is 10.1 Å². The monoisotopic (exact) mass is 297 g/mol. The van der Waals surface area contributed by atoms with Gasteiger partial charge in [-0.3, -0.25) is 10.1 Å². The lowest BCUT2D eigenvalue weighted by atomic mass is 10.2. The normalized spacial score (nSPS) is 10.2. The zero-order valence-corrected chi connectivity index (χ0v) is 11.1. The van der Waals surface area contributed by atoms with Crippen LogP contribution < -0.4 is 15.8 Å². The molecule has 0 aliphatic carbocycles. The highest BCUT2D eigenvalue weighted by Crippen LogP contribution is 2.31. The molecule has 5 N–H and O–H groups in total. The molecule has 9 heteroatoms. The smallest absolute Gasteiger partial charge is 0.311 e. The first-order chi connectivity index (χ1) is 9.45. The topological polar surface area (TPSA) is 122 Å². The van der Waals surface area contributed by atoms with Crippen molar-refractivity contribution in [3.63, 3.8) is 0 Å². The molecule has 0 aliphatic rings. The molecule has 20 heavy (non-hydrogen) atoms. The maximum Gasteiger partial charge on any atom is 0.311 e. The highest BCUT2D eigenvalue weighted by Gasteiger charge is 2.17. The summed E-state index contributed by atoms with van der Waals surface area (Å²) in [4.78, 5) is 9.91. The van der Waals surface area contributed by atoms with E-state index >= 15 is 0 Å². The van der Waals surface area contributed by atoms with Gasteiger partial charge in [-0.25, -0.2) is 0 Å². The minimum absolute atomic E-state index is 0.119.